The van der Waals surface area contributed by atoms with Crippen LogP contribution >= 0.6 is 0 Å². The zero-order valence-corrected chi connectivity index (χ0v) is 8.38. The van der Waals surface area contributed by atoms with Crippen LogP contribution in [0.1, 0.15) is 30.6 Å². The van der Waals surface area contributed by atoms with Gasteiger partial charge in [-0.05, 0) is 31.5 Å². The van der Waals surface area contributed by atoms with E-state index in [9.17, 15) is 9.18 Å². The summed E-state index contributed by atoms with van der Waals surface area (Å²) in [6.45, 7) is 3.90. The van der Waals surface area contributed by atoms with Gasteiger partial charge in [0.15, 0.2) is 0 Å². The van der Waals surface area contributed by atoms with Crippen LogP contribution in [0.4, 0.5) is 4.39 Å². The third-order valence-corrected chi connectivity index (χ3v) is 2.08. The first-order chi connectivity index (χ1) is 6.63. The van der Waals surface area contributed by atoms with Crippen molar-refractivity contribution in [1.82, 2.24) is 5.32 Å². The molecule has 0 spiro atoms. The molecule has 0 aliphatic heterocycles. The molecule has 1 N–H and O–H groups in total. The average molecular weight is 195 g/mol. The van der Waals surface area contributed by atoms with Gasteiger partial charge in [0.25, 0.3) is 5.91 Å². The van der Waals surface area contributed by atoms with Gasteiger partial charge in [-0.2, -0.15) is 0 Å². The quantitative estimate of drug-likeness (QED) is 0.788. The smallest absolute Gasteiger partial charge is 0.251 e. The highest BCUT2D eigenvalue weighted by atomic mass is 19.1. The Hall–Kier alpha value is -1.38. The standard InChI is InChI=1S/C11H14FNO/c1-3-8(2)13-11(14)9-5-4-6-10(12)7-9/h4-8H,3H2,1-2H3,(H,13,14)/t8-/m0/s1. The molecule has 0 aliphatic rings. The zero-order chi connectivity index (χ0) is 10.6. The number of carbonyl (C=O) groups is 1. The van der Waals surface area contributed by atoms with Crippen LogP contribution in [0.25, 0.3) is 0 Å². The fourth-order valence-electron chi connectivity index (χ4n) is 1.04. The number of hydrogen-bond donors (Lipinski definition) is 1. The minimum absolute atomic E-state index is 0.116. The van der Waals surface area contributed by atoms with Gasteiger partial charge in [0.05, 0.1) is 0 Å². The van der Waals surface area contributed by atoms with Gasteiger partial charge in [0, 0.05) is 11.6 Å². The van der Waals surface area contributed by atoms with Gasteiger partial charge in [-0.15, -0.1) is 0 Å². The number of rotatable bonds is 3. The summed E-state index contributed by atoms with van der Waals surface area (Å²) in [5.41, 5.74) is 0.366. The second kappa shape index (κ2) is 4.74. The lowest BCUT2D eigenvalue weighted by Crippen LogP contribution is -2.31. The average Bonchev–Trinajstić information content (AvgIpc) is 2.17. The Morgan fingerprint density at radius 2 is 2.29 bits per heavy atom. The molecular weight excluding hydrogens is 181 g/mol. The van der Waals surface area contributed by atoms with Crippen LogP contribution in [0.3, 0.4) is 0 Å². The predicted octanol–water partition coefficient (Wildman–Crippen LogP) is 2.35. The van der Waals surface area contributed by atoms with Crippen molar-refractivity contribution >= 4 is 5.91 Å². The Morgan fingerprint density at radius 3 is 2.86 bits per heavy atom. The summed E-state index contributed by atoms with van der Waals surface area (Å²) in [6.07, 6.45) is 0.862. The van der Waals surface area contributed by atoms with E-state index in [1.54, 1.807) is 6.07 Å². The second-order valence-corrected chi connectivity index (χ2v) is 3.29. The van der Waals surface area contributed by atoms with E-state index in [2.05, 4.69) is 5.32 Å². The van der Waals surface area contributed by atoms with Gasteiger partial charge < -0.3 is 5.32 Å². The highest BCUT2D eigenvalue weighted by Crippen LogP contribution is 2.03. The van der Waals surface area contributed by atoms with Crippen molar-refractivity contribution in [2.75, 3.05) is 0 Å². The normalized spacial score (nSPS) is 12.2. The lowest BCUT2D eigenvalue weighted by molar-refractivity contribution is 0.0939. The van der Waals surface area contributed by atoms with Crippen LogP contribution in [0.5, 0.6) is 0 Å². The number of amides is 1. The summed E-state index contributed by atoms with van der Waals surface area (Å²) in [5.74, 6) is -0.611. The van der Waals surface area contributed by atoms with Crippen LogP contribution < -0.4 is 5.32 Å². The molecule has 0 unspecified atom stereocenters. The monoisotopic (exact) mass is 195 g/mol. The molecule has 0 bridgehead atoms. The number of nitrogens with one attached hydrogen (secondary N) is 1. The molecule has 1 rings (SSSR count). The van der Waals surface area contributed by atoms with Crippen molar-refractivity contribution in [2.24, 2.45) is 0 Å². The molecule has 0 saturated heterocycles. The van der Waals surface area contributed by atoms with Crippen LogP contribution in [0.15, 0.2) is 24.3 Å². The molecule has 14 heavy (non-hydrogen) atoms. The van der Waals surface area contributed by atoms with E-state index in [-0.39, 0.29) is 17.8 Å². The Balaban J connectivity index is 2.70. The largest absolute Gasteiger partial charge is 0.350 e. The minimum atomic E-state index is -0.387. The molecule has 0 fully saturated rings. The van der Waals surface area contributed by atoms with E-state index in [0.717, 1.165) is 6.42 Å². The number of benzene rings is 1. The molecule has 0 saturated carbocycles. The molecule has 3 heteroatoms. The van der Waals surface area contributed by atoms with Crippen molar-refractivity contribution in [3.05, 3.63) is 35.6 Å². The number of halogens is 1. The Morgan fingerprint density at radius 1 is 1.57 bits per heavy atom. The maximum Gasteiger partial charge on any atom is 0.251 e. The molecule has 1 amide bonds. The van der Waals surface area contributed by atoms with E-state index in [4.69, 9.17) is 0 Å². The molecule has 1 aromatic rings. The fraction of sp³-hybridized carbons (Fsp3) is 0.364. The summed E-state index contributed by atoms with van der Waals surface area (Å²) in [5, 5.41) is 2.77. The molecule has 0 aromatic heterocycles. The van der Waals surface area contributed by atoms with Crippen LogP contribution in [0, 0.1) is 5.82 Å². The van der Waals surface area contributed by atoms with Crippen molar-refractivity contribution in [1.29, 1.82) is 0 Å². The van der Waals surface area contributed by atoms with Crippen molar-refractivity contribution in [3.63, 3.8) is 0 Å². The second-order valence-electron chi connectivity index (χ2n) is 3.29. The highest BCUT2D eigenvalue weighted by molar-refractivity contribution is 5.94. The first-order valence-electron chi connectivity index (χ1n) is 4.70. The summed E-state index contributed by atoms with van der Waals surface area (Å²) in [4.78, 5) is 11.5. The van der Waals surface area contributed by atoms with E-state index in [1.807, 2.05) is 13.8 Å². The molecule has 76 valence electrons. The van der Waals surface area contributed by atoms with E-state index < -0.39 is 0 Å². The van der Waals surface area contributed by atoms with Gasteiger partial charge in [0.1, 0.15) is 5.82 Å². The van der Waals surface area contributed by atoms with Gasteiger partial charge in [-0.3, -0.25) is 4.79 Å². The number of carbonyl (C=O) groups excluding carboxylic acids is 1. The van der Waals surface area contributed by atoms with Crippen molar-refractivity contribution in [3.8, 4) is 0 Å². The maximum absolute atomic E-state index is 12.8. The molecule has 2 nitrogen and oxygen atoms in total. The topological polar surface area (TPSA) is 29.1 Å². The molecule has 1 aromatic carbocycles. The van der Waals surface area contributed by atoms with Crippen LogP contribution in [-0.4, -0.2) is 11.9 Å². The molecule has 0 radical (unpaired) electrons. The third-order valence-electron chi connectivity index (χ3n) is 2.08. The van der Waals surface area contributed by atoms with Crippen molar-refractivity contribution < 1.29 is 9.18 Å². The molecule has 1 atom stereocenters. The van der Waals surface area contributed by atoms with Gasteiger partial charge in [0.2, 0.25) is 0 Å². The summed E-state index contributed by atoms with van der Waals surface area (Å²) < 4.78 is 12.8. The zero-order valence-electron chi connectivity index (χ0n) is 8.38. The van der Waals surface area contributed by atoms with Gasteiger partial charge in [-0.25, -0.2) is 4.39 Å². The molecule has 0 heterocycles. The van der Waals surface area contributed by atoms with Gasteiger partial charge >= 0.3 is 0 Å². The predicted molar refractivity (Wildman–Crippen MR) is 53.6 cm³/mol. The Bertz CT molecular complexity index is 325. The third kappa shape index (κ3) is 2.83. The molecule has 0 aliphatic carbocycles. The summed E-state index contributed by atoms with van der Waals surface area (Å²) >= 11 is 0. The summed E-state index contributed by atoms with van der Waals surface area (Å²) in [6, 6.07) is 5.80. The lowest BCUT2D eigenvalue weighted by atomic mass is 10.2. The van der Waals surface area contributed by atoms with Gasteiger partial charge in [-0.1, -0.05) is 13.0 Å². The SMILES string of the molecule is CC[C@H](C)NC(=O)c1cccc(F)c1. The number of hydrogen-bond acceptors (Lipinski definition) is 1. The lowest BCUT2D eigenvalue weighted by Gasteiger charge is -2.10. The minimum Gasteiger partial charge on any atom is -0.350 e. The Labute approximate surface area is 83.1 Å². The van der Waals surface area contributed by atoms with Crippen molar-refractivity contribution in [2.45, 2.75) is 26.3 Å². The first kappa shape index (κ1) is 10.7. The maximum atomic E-state index is 12.8. The fourth-order valence-corrected chi connectivity index (χ4v) is 1.04. The summed E-state index contributed by atoms with van der Waals surface area (Å²) in [7, 11) is 0. The van der Waals surface area contributed by atoms with Crippen LogP contribution in [0.2, 0.25) is 0 Å². The molecular formula is C11H14FNO. The highest BCUT2D eigenvalue weighted by Gasteiger charge is 2.08. The first-order valence-corrected chi connectivity index (χ1v) is 4.70. The van der Waals surface area contributed by atoms with E-state index >= 15 is 0 Å². The van der Waals surface area contributed by atoms with Crippen LogP contribution in [-0.2, 0) is 0 Å². The van der Waals surface area contributed by atoms with E-state index in [1.165, 1.54) is 18.2 Å². The van der Waals surface area contributed by atoms with E-state index in [0.29, 0.717) is 5.56 Å². The Kier molecular flexibility index (Phi) is 3.63.